The lowest BCUT2D eigenvalue weighted by Crippen LogP contribution is -1.97. The van der Waals surface area contributed by atoms with Crippen LogP contribution in [0.25, 0.3) is 61.2 Å². The van der Waals surface area contributed by atoms with Crippen LogP contribution in [0, 0.1) is 0 Å². The lowest BCUT2D eigenvalue weighted by atomic mass is 10.0. The molecular formula is C32H21N3. The summed E-state index contributed by atoms with van der Waals surface area (Å²) in [5.41, 5.74) is 8.53. The molecule has 2 aromatic heterocycles. The van der Waals surface area contributed by atoms with Crippen LogP contribution in [0.5, 0.6) is 0 Å². The molecule has 7 rings (SSSR count). The van der Waals surface area contributed by atoms with Crippen LogP contribution in [0.2, 0.25) is 0 Å². The van der Waals surface area contributed by atoms with Crippen molar-refractivity contribution in [2.24, 2.45) is 0 Å². The van der Waals surface area contributed by atoms with Gasteiger partial charge >= 0.3 is 0 Å². The molecule has 5 aromatic carbocycles. The lowest BCUT2D eigenvalue weighted by Gasteiger charge is -2.10. The van der Waals surface area contributed by atoms with Crippen LogP contribution >= 0.6 is 0 Å². The molecule has 0 spiro atoms. The first-order valence-corrected chi connectivity index (χ1v) is 11.8. The molecule has 35 heavy (non-hydrogen) atoms. The van der Waals surface area contributed by atoms with Crippen LogP contribution in [-0.4, -0.2) is 14.4 Å². The molecule has 0 N–H and O–H groups in total. The number of benzene rings is 5. The van der Waals surface area contributed by atoms with Gasteiger partial charge in [-0.1, -0.05) is 103 Å². The second kappa shape index (κ2) is 7.93. The Kier molecular flexibility index (Phi) is 4.46. The van der Waals surface area contributed by atoms with Gasteiger partial charge in [0.15, 0.2) is 0 Å². The Labute approximate surface area is 203 Å². The average Bonchev–Trinajstić information content (AvgIpc) is 3.31. The Morgan fingerprint density at radius 1 is 0.457 bits per heavy atom. The van der Waals surface area contributed by atoms with E-state index in [-0.39, 0.29) is 0 Å². The van der Waals surface area contributed by atoms with E-state index < -0.39 is 0 Å². The van der Waals surface area contributed by atoms with E-state index >= 15 is 0 Å². The van der Waals surface area contributed by atoms with E-state index in [1.54, 1.807) is 0 Å². The molecule has 3 heteroatoms. The summed E-state index contributed by atoms with van der Waals surface area (Å²) in [6.07, 6.45) is 0. The van der Waals surface area contributed by atoms with Gasteiger partial charge in [-0.2, -0.15) is 0 Å². The van der Waals surface area contributed by atoms with Gasteiger partial charge < -0.3 is 0 Å². The number of rotatable bonds is 3. The third-order valence-corrected chi connectivity index (χ3v) is 6.59. The van der Waals surface area contributed by atoms with Crippen LogP contribution in [0.1, 0.15) is 0 Å². The van der Waals surface area contributed by atoms with Crippen LogP contribution in [0.4, 0.5) is 0 Å². The third-order valence-electron chi connectivity index (χ3n) is 6.59. The lowest BCUT2D eigenvalue weighted by molar-refractivity contribution is 1.14. The van der Waals surface area contributed by atoms with Gasteiger partial charge in [-0.15, -0.1) is 0 Å². The van der Waals surface area contributed by atoms with Gasteiger partial charge in [0.1, 0.15) is 0 Å². The molecule has 0 aliphatic heterocycles. The zero-order valence-electron chi connectivity index (χ0n) is 19.0. The molecule has 0 radical (unpaired) electrons. The van der Waals surface area contributed by atoms with E-state index in [2.05, 4.69) is 108 Å². The van der Waals surface area contributed by atoms with Crippen molar-refractivity contribution in [2.75, 3.05) is 0 Å². The van der Waals surface area contributed by atoms with Crippen LogP contribution in [0.3, 0.4) is 0 Å². The third kappa shape index (κ3) is 3.37. The Balaban J connectivity index is 1.46. The predicted molar refractivity (Wildman–Crippen MR) is 144 cm³/mol. The molecule has 0 aliphatic rings. The summed E-state index contributed by atoms with van der Waals surface area (Å²) in [6.45, 7) is 0. The van der Waals surface area contributed by atoms with Crippen molar-refractivity contribution >= 4 is 27.6 Å². The van der Waals surface area contributed by atoms with Gasteiger partial charge in [-0.25, -0.2) is 9.97 Å². The fraction of sp³-hybridized carbons (Fsp3) is 0. The van der Waals surface area contributed by atoms with Crippen molar-refractivity contribution in [3.63, 3.8) is 0 Å². The Bertz CT molecular complexity index is 1830. The maximum atomic E-state index is 4.99. The largest absolute Gasteiger partial charge is 0.276 e. The van der Waals surface area contributed by atoms with Crippen molar-refractivity contribution < 1.29 is 0 Å². The van der Waals surface area contributed by atoms with Gasteiger partial charge in [0, 0.05) is 5.56 Å². The quantitative estimate of drug-likeness (QED) is 0.274. The molecule has 164 valence electrons. The molecule has 0 unspecified atom stereocenters. The summed E-state index contributed by atoms with van der Waals surface area (Å²) in [5, 5.41) is 2.48. The second-order valence-corrected chi connectivity index (χ2v) is 8.77. The molecular weight excluding hydrogens is 426 g/mol. The van der Waals surface area contributed by atoms with E-state index in [1.807, 2.05) is 24.3 Å². The molecule has 3 nitrogen and oxygen atoms in total. The Morgan fingerprint density at radius 2 is 1.11 bits per heavy atom. The molecule has 7 aromatic rings. The maximum Gasteiger partial charge on any atom is 0.235 e. The summed E-state index contributed by atoms with van der Waals surface area (Å²) < 4.78 is 2.17. The van der Waals surface area contributed by atoms with Crippen molar-refractivity contribution in [2.45, 2.75) is 0 Å². The highest BCUT2D eigenvalue weighted by Crippen LogP contribution is 2.32. The fourth-order valence-corrected chi connectivity index (χ4v) is 4.84. The van der Waals surface area contributed by atoms with Gasteiger partial charge in [-0.05, 0) is 51.7 Å². The van der Waals surface area contributed by atoms with Gasteiger partial charge in [0.2, 0.25) is 5.78 Å². The maximum absolute atomic E-state index is 4.99. The van der Waals surface area contributed by atoms with Crippen molar-refractivity contribution in [1.82, 2.24) is 14.4 Å². The number of nitrogens with zero attached hydrogens (tertiary/aromatic N) is 3. The first-order chi connectivity index (χ1) is 17.3. The van der Waals surface area contributed by atoms with Crippen LogP contribution in [0.15, 0.2) is 127 Å². The normalized spacial score (nSPS) is 11.4. The summed E-state index contributed by atoms with van der Waals surface area (Å²) in [4.78, 5) is 9.95. The van der Waals surface area contributed by atoms with Crippen molar-refractivity contribution in [3.8, 4) is 33.6 Å². The monoisotopic (exact) mass is 447 g/mol. The molecule has 2 heterocycles. The van der Waals surface area contributed by atoms with E-state index in [0.717, 1.165) is 39.1 Å². The van der Waals surface area contributed by atoms with Crippen molar-refractivity contribution in [3.05, 3.63) is 127 Å². The van der Waals surface area contributed by atoms with Crippen LogP contribution in [-0.2, 0) is 0 Å². The minimum absolute atomic E-state index is 0.705. The number of hydrogen-bond donors (Lipinski definition) is 0. The first-order valence-electron chi connectivity index (χ1n) is 11.8. The summed E-state index contributed by atoms with van der Waals surface area (Å²) in [7, 11) is 0. The Morgan fingerprint density at radius 3 is 1.91 bits per heavy atom. The van der Waals surface area contributed by atoms with E-state index in [9.17, 15) is 0 Å². The number of imidazole rings is 1. The number of hydrogen-bond acceptors (Lipinski definition) is 2. The van der Waals surface area contributed by atoms with E-state index in [0.29, 0.717) is 5.78 Å². The average molecular weight is 448 g/mol. The minimum Gasteiger partial charge on any atom is -0.276 e. The van der Waals surface area contributed by atoms with E-state index in [1.165, 1.54) is 16.3 Å². The smallest absolute Gasteiger partial charge is 0.235 e. The van der Waals surface area contributed by atoms with E-state index in [4.69, 9.17) is 9.97 Å². The van der Waals surface area contributed by atoms with Gasteiger partial charge in [-0.3, -0.25) is 4.40 Å². The highest BCUT2D eigenvalue weighted by atomic mass is 15.1. The van der Waals surface area contributed by atoms with Gasteiger partial charge in [0.25, 0.3) is 0 Å². The molecule has 0 amide bonds. The second-order valence-electron chi connectivity index (χ2n) is 8.77. The molecule has 0 bridgehead atoms. The summed E-state index contributed by atoms with van der Waals surface area (Å²) in [5.74, 6) is 0.705. The topological polar surface area (TPSA) is 30.2 Å². The minimum atomic E-state index is 0.705. The first kappa shape index (κ1) is 19.7. The summed E-state index contributed by atoms with van der Waals surface area (Å²) >= 11 is 0. The SMILES string of the molecule is c1ccc(-c2cc(-c3ccccc3)n3c(n2)nc2cc(-c4ccc5ccccc5c4)ccc23)cc1. The zero-order valence-corrected chi connectivity index (χ0v) is 19.0. The highest BCUT2D eigenvalue weighted by Gasteiger charge is 2.15. The molecule has 0 saturated heterocycles. The molecule has 0 saturated carbocycles. The number of aromatic nitrogens is 3. The standard InChI is InChI=1S/C32H21N3/c1-3-10-23(11-4-1)28-21-31(24-12-5-2-6-13-24)35-30-18-17-27(20-29(30)34-32(35)33-28)26-16-15-22-9-7-8-14-25(22)19-26/h1-21H. The molecule has 0 aliphatic carbocycles. The van der Waals surface area contributed by atoms with Crippen LogP contribution < -0.4 is 0 Å². The fourth-order valence-electron chi connectivity index (χ4n) is 4.84. The Hall–Kier alpha value is -4.76. The molecule has 0 fully saturated rings. The highest BCUT2D eigenvalue weighted by molar-refractivity contribution is 5.91. The molecule has 0 atom stereocenters. The zero-order chi connectivity index (χ0) is 23.2. The van der Waals surface area contributed by atoms with Crippen molar-refractivity contribution in [1.29, 1.82) is 0 Å². The predicted octanol–water partition coefficient (Wildman–Crippen LogP) is 8.04. The number of fused-ring (bicyclic) bond motifs is 4. The summed E-state index contributed by atoms with van der Waals surface area (Å²) in [6, 6.07) is 44.5. The van der Waals surface area contributed by atoms with Gasteiger partial charge in [0.05, 0.1) is 22.4 Å².